The molecule has 1 aliphatic heterocycles. The lowest BCUT2D eigenvalue weighted by atomic mass is 9.91. The van der Waals surface area contributed by atoms with Crippen LogP contribution in [0.25, 0.3) is 0 Å². The number of carbonyl (C=O) groups is 2. The van der Waals surface area contributed by atoms with E-state index in [1.54, 1.807) is 4.90 Å². The first kappa shape index (κ1) is 22.4. The zero-order valence-corrected chi connectivity index (χ0v) is 18.8. The van der Waals surface area contributed by atoms with Gasteiger partial charge in [-0.3, -0.25) is 9.59 Å². The maximum Gasteiger partial charge on any atom is 0.255 e. The van der Waals surface area contributed by atoms with E-state index >= 15 is 0 Å². The average molecular weight is 427 g/mol. The van der Waals surface area contributed by atoms with Crippen LogP contribution in [0.4, 0.5) is 0 Å². The van der Waals surface area contributed by atoms with Crippen LogP contribution in [0, 0.1) is 5.92 Å². The molecule has 30 heavy (non-hydrogen) atoms. The number of rotatable bonds is 7. The molecule has 5 heteroatoms. The van der Waals surface area contributed by atoms with Crippen molar-refractivity contribution in [1.82, 2.24) is 10.2 Å². The fourth-order valence-electron chi connectivity index (χ4n) is 3.97. The molecule has 0 saturated heterocycles. The summed E-state index contributed by atoms with van der Waals surface area (Å²) in [6, 6.07) is 15.4. The van der Waals surface area contributed by atoms with Crippen molar-refractivity contribution in [3.8, 4) is 0 Å². The van der Waals surface area contributed by atoms with Crippen LogP contribution >= 0.6 is 11.6 Å². The Balaban J connectivity index is 1.86. The van der Waals surface area contributed by atoms with Gasteiger partial charge in [0.25, 0.3) is 5.91 Å². The zero-order valence-electron chi connectivity index (χ0n) is 18.1. The van der Waals surface area contributed by atoms with Crippen molar-refractivity contribution in [2.45, 2.75) is 52.0 Å². The Morgan fingerprint density at radius 3 is 2.57 bits per heavy atom. The number of amides is 2. The predicted molar refractivity (Wildman–Crippen MR) is 122 cm³/mol. The van der Waals surface area contributed by atoms with Gasteiger partial charge in [0, 0.05) is 23.7 Å². The van der Waals surface area contributed by atoms with E-state index in [1.165, 1.54) is 0 Å². The van der Waals surface area contributed by atoms with Crippen molar-refractivity contribution in [3.05, 3.63) is 70.2 Å². The Bertz CT molecular complexity index is 894. The molecule has 1 aliphatic rings. The normalized spacial score (nSPS) is 18.8. The third-order valence-electron chi connectivity index (χ3n) is 6.00. The Kier molecular flexibility index (Phi) is 7.19. The van der Waals surface area contributed by atoms with E-state index in [0.717, 1.165) is 17.5 Å². The second-order valence-corrected chi connectivity index (χ2v) is 9.14. The highest BCUT2D eigenvalue weighted by atomic mass is 35.5. The van der Waals surface area contributed by atoms with E-state index in [9.17, 15) is 9.59 Å². The van der Waals surface area contributed by atoms with Gasteiger partial charge in [-0.05, 0) is 67.9 Å². The van der Waals surface area contributed by atoms with Crippen LogP contribution in [0.5, 0.6) is 0 Å². The number of carbonyl (C=O) groups excluding carboxylic acids is 2. The van der Waals surface area contributed by atoms with Crippen molar-refractivity contribution in [1.29, 1.82) is 0 Å². The van der Waals surface area contributed by atoms with Gasteiger partial charge >= 0.3 is 0 Å². The van der Waals surface area contributed by atoms with Crippen LogP contribution in [-0.4, -0.2) is 35.3 Å². The molecular formula is C25H31ClN2O2. The molecule has 0 aromatic heterocycles. The van der Waals surface area contributed by atoms with E-state index in [1.807, 2.05) is 55.5 Å². The Labute approximate surface area is 184 Å². The van der Waals surface area contributed by atoms with Gasteiger partial charge in [-0.25, -0.2) is 0 Å². The maximum atomic E-state index is 13.5. The Morgan fingerprint density at radius 1 is 1.17 bits per heavy atom. The standard InChI is InChI=1S/C25H31ClN2O2/c1-18(2)13-16-27-24(30)25(3)15-12-20-6-4-5-7-22(20)23(29)28(25)17-14-19-8-10-21(26)11-9-19/h4-11,18H,12-17H2,1-3H3,(H,27,30). The second kappa shape index (κ2) is 9.65. The van der Waals surface area contributed by atoms with Gasteiger partial charge < -0.3 is 10.2 Å². The average Bonchev–Trinajstić information content (AvgIpc) is 2.83. The molecule has 2 aromatic rings. The highest BCUT2D eigenvalue weighted by Gasteiger charge is 2.44. The van der Waals surface area contributed by atoms with E-state index in [2.05, 4.69) is 19.2 Å². The molecule has 0 saturated carbocycles. The number of aryl methyl sites for hydroxylation is 1. The summed E-state index contributed by atoms with van der Waals surface area (Å²) in [5.41, 5.74) is 1.91. The number of hydrogen-bond acceptors (Lipinski definition) is 2. The minimum atomic E-state index is -0.889. The molecule has 2 amide bonds. The van der Waals surface area contributed by atoms with Gasteiger partial charge in [0.15, 0.2) is 0 Å². The van der Waals surface area contributed by atoms with Gasteiger partial charge in [-0.15, -0.1) is 0 Å². The number of benzene rings is 2. The van der Waals surface area contributed by atoms with Gasteiger partial charge in [0.2, 0.25) is 5.91 Å². The lowest BCUT2D eigenvalue weighted by Crippen LogP contribution is -2.59. The quantitative estimate of drug-likeness (QED) is 0.685. The summed E-state index contributed by atoms with van der Waals surface area (Å²) in [4.78, 5) is 28.6. The molecular weight excluding hydrogens is 396 g/mol. The summed E-state index contributed by atoms with van der Waals surface area (Å²) in [7, 11) is 0. The van der Waals surface area contributed by atoms with Gasteiger partial charge in [0.1, 0.15) is 5.54 Å². The van der Waals surface area contributed by atoms with Crippen molar-refractivity contribution in [2.75, 3.05) is 13.1 Å². The van der Waals surface area contributed by atoms with Gasteiger partial charge in [0.05, 0.1) is 0 Å². The molecule has 0 radical (unpaired) electrons. The SMILES string of the molecule is CC(C)CCNC(=O)C1(C)CCc2ccccc2C(=O)N1CCc1ccc(Cl)cc1. The minimum Gasteiger partial charge on any atom is -0.354 e. The number of halogens is 1. The summed E-state index contributed by atoms with van der Waals surface area (Å²) >= 11 is 6.00. The zero-order chi connectivity index (χ0) is 21.7. The molecule has 1 heterocycles. The highest BCUT2D eigenvalue weighted by Crippen LogP contribution is 2.31. The Hall–Kier alpha value is -2.33. The summed E-state index contributed by atoms with van der Waals surface area (Å²) in [6.45, 7) is 7.28. The van der Waals surface area contributed by atoms with Crippen LogP contribution in [0.1, 0.15) is 55.1 Å². The smallest absolute Gasteiger partial charge is 0.255 e. The molecule has 0 fully saturated rings. The summed E-state index contributed by atoms with van der Waals surface area (Å²) in [5, 5.41) is 3.77. The van der Waals surface area contributed by atoms with Crippen molar-refractivity contribution < 1.29 is 9.59 Å². The molecule has 0 aliphatic carbocycles. The predicted octanol–water partition coefficient (Wildman–Crippen LogP) is 4.89. The van der Waals surface area contributed by atoms with E-state index in [0.29, 0.717) is 48.9 Å². The number of fused-ring (bicyclic) bond motifs is 1. The summed E-state index contributed by atoms with van der Waals surface area (Å²) in [6.07, 6.45) is 2.89. The first-order valence-electron chi connectivity index (χ1n) is 10.7. The second-order valence-electron chi connectivity index (χ2n) is 8.70. The molecule has 160 valence electrons. The molecule has 2 aromatic carbocycles. The topological polar surface area (TPSA) is 49.4 Å². The summed E-state index contributed by atoms with van der Waals surface area (Å²) in [5.74, 6) is 0.373. The number of hydrogen-bond donors (Lipinski definition) is 1. The van der Waals surface area contributed by atoms with Gasteiger partial charge in [-0.1, -0.05) is 55.8 Å². The maximum absolute atomic E-state index is 13.5. The van der Waals surface area contributed by atoms with Crippen LogP contribution in [-0.2, 0) is 17.6 Å². The minimum absolute atomic E-state index is 0.0691. The number of nitrogens with zero attached hydrogens (tertiary/aromatic N) is 1. The van der Waals surface area contributed by atoms with Crippen LogP contribution < -0.4 is 5.32 Å². The van der Waals surface area contributed by atoms with Crippen LogP contribution in [0.3, 0.4) is 0 Å². The molecule has 3 rings (SSSR count). The molecule has 4 nitrogen and oxygen atoms in total. The van der Waals surface area contributed by atoms with Gasteiger partial charge in [-0.2, -0.15) is 0 Å². The van der Waals surface area contributed by atoms with E-state index < -0.39 is 5.54 Å². The number of nitrogens with one attached hydrogen (secondary N) is 1. The fraction of sp³-hybridized carbons (Fsp3) is 0.440. The van der Waals surface area contributed by atoms with Crippen molar-refractivity contribution in [3.63, 3.8) is 0 Å². The molecule has 0 bridgehead atoms. The molecule has 1 N–H and O–H groups in total. The molecule has 0 spiro atoms. The first-order valence-corrected chi connectivity index (χ1v) is 11.1. The lowest BCUT2D eigenvalue weighted by Gasteiger charge is -2.39. The molecule has 1 atom stereocenters. The van der Waals surface area contributed by atoms with Crippen molar-refractivity contribution in [2.24, 2.45) is 5.92 Å². The van der Waals surface area contributed by atoms with Crippen LogP contribution in [0.15, 0.2) is 48.5 Å². The van der Waals surface area contributed by atoms with E-state index in [4.69, 9.17) is 11.6 Å². The first-order chi connectivity index (χ1) is 14.3. The van der Waals surface area contributed by atoms with E-state index in [-0.39, 0.29) is 11.8 Å². The Morgan fingerprint density at radius 2 is 1.87 bits per heavy atom. The van der Waals surface area contributed by atoms with Crippen LogP contribution in [0.2, 0.25) is 5.02 Å². The van der Waals surface area contributed by atoms with Crippen molar-refractivity contribution >= 4 is 23.4 Å². The summed E-state index contributed by atoms with van der Waals surface area (Å²) < 4.78 is 0. The monoisotopic (exact) mass is 426 g/mol. The highest BCUT2D eigenvalue weighted by molar-refractivity contribution is 6.30. The lowest BCUT2D eigenvalue weighted by molar-refractivity contribution is -0.131. The fourth-order valence-corrected chi connectivity index (χ4v) is 4.10. The third kappa shape index (κ3) is 5.04. The molecule has 1 unspecified atom stereocenters. The largest absolute Gasteiger partial charge is 0.354 e. The third-order valence-corrected chi connectivity index (χ3v) is 6.26.